The summed E-state index contributed by atoms with van der Waals surface area (Å²) in [5.41, 5.74) is 0.976. The Morgan fingerprint density at radius 3 is 2.48 bits per heavy atom. The molecule has 0 amide bonds. The summed E-state index contributed by atoms with van der Waals surface area (Å²) >= 11 is 0. The summed E-state index contributed by atoms with van der Waals surface area (Å²) in [4.78, 5) is 12.5. The van der Waals surface area contributed by atoms with Gasteiger partial charge in [0.25, 0.3) is 0 Å². The number of rotatable bonds is 5. The molecule has 23 heavy (non-hydrogen) atoms. The molecule has 1 atom stereocenters. The van der Waals surface area contributed by atoms with Crippen molar-refractivity contribution in [2.45, 2.75) is 52.1 Å². The standard InChI is InChI=1S/C18H27NO3Si/c1-7-21-17(20)16(22-23(5,6)18(2,3)4)19-13-12-14-10-8-9-11-15(14)19/h8-13,16H,7H2,1-6H3. The Morgan fingerprint density at radius 1 is 1.22 bits per heavy atom. The number of carbonyl (C=O) groups excluding carboxylic acids is 1. The number of aromatic nitrogens is 1. The SMILES string of the molecule is CCOC(=O)C(O[Si](C)(C)C(C)(C)C)n1ccc2ccccc21. The molecule has 0 aliphatic heterocycles. The summed E-state index contributed by atoms with van der Waals surface area (Å²) in [7, 11) is -2.12. The van der Waals surface area contributed by atoms with E-state index in [9.17, 15) is 4.79 Å². The van der Waals surface area contributed by atoms with Crippen LogP contribution in [-0.4, -0.2) is 25.5 Å². The van der Waals surface area contributed by atoms with Crippen LogP contribution in [0.1, 0.15) is 33.9 Å². The van der Waals surface area contributed by atoms with Crippen molar-refractivity contribution in [2.24, 2.45) is 0 Å². The van der Waals surface area contributed by atoms with E-state index in [1.165, 1.54) is 0 Å². The molecule has 0 N–H and O–H groups in total. The minimum Gasteiger partial charge on any atom is -0.463 e. The summed E-state index contributed by atoms with van der Waals surface area (Å²) in [5.74, 6) is -0.335. The highest BCUT2D eigenvalue weighted by Crippen LogP contribution is 2.39. The second-order valence-electron chi connectivity index (χ2n) is 7.26. The third-order valence-corrected chi connectivity index (χ3v) is 9.01. The van der Waals surface area contributed by atoms with E-state index in [0.29, 0.717) is 6.61 Å². The predicted molar refractivity (Wildman–Crippen MR) is 95.9 cm³/mol. The number of benzene rings is 1. The number of fused-ring (bicyclic) bond motifs is 1. The zero-order chi connectivity index (χ0) is 17.3. The van der Waals surface area contributed by atoms with Crippen molar-refractivity contribution < 1.29 is 14.0 Å². The molecule has 0 aliphatic rings. The molecule has 0 radical (unpaired) electrons. The molecule has 2 aromatic rings. The lowest BCUT2D eigenvalue weighted by atomic mass is 10.2. The lowest BCUT2D eigenvalue weighted by molar-refractivity contribution is -0.156. The molecule has 1 heterocycles. The van der Waals surface area contributed by atoms with Gasteiger partial charge in [0.15, 0.2) is 8.32 Å². The van der Waals surface area contributed by atoms with Crippen molar-refractivity contribution in [1.82, 2.24) is 4.57 Å². The number of ether oxygens (including phenoxy) is 1. The Kier molecular flexibility index (Phi) is 5.01. The van der Waals surface area contributed by atoms with Crippen molar-refractivity contribution in [1.29, 1.82) is 0 Å². The normalized spacial score (nSPS) is 14.0. The fourth-order valence-corrected chi connectivity index (χ4v) is 3.32. The maximum Gasteiger partial charge on any atom is 0.356 e. The Morgan fingerprint density at radius 2 is 1.87 bits per heavy atom. The zero-order valence-corrected chi connectivity index (χ0v) is 15.9. The predicted octanol–water partition coefficient (Wildman–Crippen LogP) is 4.72. The van der Waals surface area contributed by atoms with Gasteiger partial charge in [-0.2, -0.15) is 0 Å². The van der Waals surface area contributed by atoms with Gasteiger partial charge in [-0.05, 0) is 42.6 Å². The highest BCUT2D eigenvalue weighted by molar-refractivity contribution is 6.74. The van der Waals surface area contributed by atoms with E-state index >= 15 is 0 Å². The minimum atomic E-state index is -2.12. The van der Waals surface area contributed by atoms with E-state index in [0.717, 1.165) is 10.9 Å². The molecule has 0 fully saturated rings. The highest BCUT2D eigenvalue weighted by Gasteiger charge is 2.42. The minimum absolute atomic E-state index is 0.0146. The first-order valence-electron chi connectivity index (χ1n) is 8.07. The molecule has 0 bridgehead atoms. The monoisotopic (exact) mass is 333 g/mol. The second-order valence-corrected chi connectivity index (χ2v) is 12.0. The van der Waals surface area contributed by atoms with E-state index in [2.05, 4.69) is 33.9 Å². The molecule has 0 spiro atoms. The smallest absolute Gasteiger partial charge is 0.356 e. The van der Waals surface area contributed by atoms with Crippen LogP contribution in [0.2, 0.25) is 18.1 Å². The zero-order valence-electron chi connectivity index (χ0n) is 14.9. The molecule has 1 unspecified atom stereocenters. The maximum atomic E-state index is 12.5. The molecular weight excluding hydrogens is 306 g/mol. The van der Waals surface area contributed by atoms with Crippen molar-refractivity contribution in [2.75, 3.05) is 6.61 Å². The molecule has 126 valence electrons. The van der Waals surface area contributed by atoms with Gasteiger partial charge in [0.05, 0.1) is 12.1 Å². The van der Waals surface area contributed by atoms with Crippen LogP contribution in [0.25, 0.3) is 10.9 Å². The van der Waals surface area contributed by atoms with Gasteiger partial charge in [-0.15, -0.1) is 0 Å². The fourth-order valence-electron chi connectivity index (χ4n) is 2.20. The Labute approximate surface area is 139 Å². The van der Waals surface area contributed by atoms with Gasteiger partial charge in [0.1, 0.15) is 0 Å². The van der Waals surface area contributed by atoms with Crippen molar-refractivity contribution in [3.8, 4) is 0 Å². The lowest BCUT2D eigenvalue weighted by Crippen LogP contribution is -2.44. The Bertz CT molecular complexity index is 685. The molecule has 1 aromatic heterocycles. The molecule has 0 saturated heterocycles. The second kappa shape index (κ2) is 6.49. The first-order chi connectivity index (χ1) is 10.7. The average molecular weight is 334 g/mol. The average Bonchev–Trinajstić information content (AvgIpc) is 2.87. The van der Waals surface area contributed by atoms with Crippen molar-refractivity contribution >= 4 is 25.2 Å². The first-order valence-corrected chi connectivity index (χ1v) is 11.0. The summed E-state index contributed by atoms with van der Waals surface area (Å²) < 4.78 is 13.6. The van der Waals surface area contributed by atoms with E-state index in [4.69, 9.17) is 9.16 Å². The first kappa shape index (κ1) is 17.8. The van der Waals surface area contributed by atoms with Gasteiger partial charge >= 0.3 is 5.97 Å². The third kappa shape index (κ3) is 3.67. The van der Waals surface area contributed by atoms with Gasteiger partial charge in [0.2, 0.25) is 6.23 Å². The van der Waals surface area contributed by atoms with Gasteiger partial charge in [-0.3, -0.25) is 0 Å². The van der Waals surface area contributed by atoms with Crippen LogP contribution in [0, 0.1) is 0 Å². The number of para-hydroxylation sites is 1. The maximum absolute atomic E-state index is 12.5. The van der Waals surface area contributed by atoms with Crippen molar-refractivity contribution in [3.05, 3.63) is 36.5 Å². The van der Waals surface area contributed by atoms with Gasteiger partial charge in [-0.1, -0.05) is 39.0 Å². The summed E-state index contributed by atoms with van der Waals surface area (Å²) in [6.07, 6.45) is 1.16. The largest absolute Gasteiger partial charge is 0.463 e. The van der Waals surface area contributed by atoms with Crippen molar-refractivity contribution in [3.63, 3.8) is 0 Å². The van der Waals surface area contributed by atoms with Crippen LogP contribution >= 0.6 is 0 Å². The number of nitrogens with zero attached hydrogens (tertiary/aromatic N) is 1. The van der Waals surface area contributed by atoms with Crippen LogP contribution in [0.4, 0.5) is 0 Å². The topological polar surface area (TPSA) is 40.5 Å². The van der Waals surface area contributed by atoms with Crippen LogP contribution in [-0.2, 0) is 14.0 Å². The Hall–Kier alpha value is -1.59. The van der Waals surface area contributed by atoms with Gasteiger partial charge < -0.3 is 13.7 Å². The van der Waals surface area contributed by atoms with Crippen LogP contribution < -0.4 is 0 Å². The van der Waals surface area contributed by atoms with Gasteiger partial charge in [0, 0.05) is 6.20 Å². The molecular formula is C18H27NO3Si. The quantitative estimate of drug-likeness (QED) is 0.587. The molecule has 1 aromatic carbocycles. The van der Waals surface area contributed by atoms with E-state index in [1.54, 1.807) is 0 Å². The lowest BCUT2D eigenvalue weighted by Gasteiger charge is -2.38. The Balaban J connectivity index is 2.45. The highest BCUT2D eigenvalue weighted by atomic mass is 28.4. The number of hydrogen-bond donors (Lipinski definition) is 0. The summed E-state index contributed by atoms with van der Waals surface area (Å²) in [6.45, 7) is 12.9. The van der Waals surface area contributed by atoms with E-state index in [-0.39, 0.29) is 11.0 Å². The van der Waals surface area contributed by atoms with E-state index in [1.807, 2.05) is 48.0 Å². The van der Waals surface area contributed by atoms with Gasteiger partial charge in [-0.25, -0.2) is 4.79 Å². The molecule has 0 aliphatic carbocycles. The molecule has 4 nitrogen and oxygen atoms in total. The third-order valence-electron chi connectivity index (χ3n) is 4.58. The summed E-state index contributed by atoms with van der Waals surface area (Å²) in [6, 6.07) is 9.97. The van der Waals surface area contributed by atoms with Crippen LogP contribution in [0.3, 0.4) is 0 Å². The number of esters is 1. The number of carbonyl (C=O) groups is 1. The molecule has 5 heteroatoms. The van der Waals surface area contributed by atoms with E-state index < -0.39 is 14.5 Å². The molecule has 0 saturated carbocycles. The van der Waals surface area contributed by atoms with Crippen LogP contribution in [0.5, 0.6) is 0 Å². The number of hydrogen-bond acceptors (Lipinski definition) is 3. The molecule has 2 rings (SSSR count). The summed E-state index contributed by atoms with van der Waals surface area (Å²) in [5, 5.41) is 1.10. The van der Waals surface area contributed by atoms with Crippen LogP contribution in [0.15, 0.2) is 36.5 Å². The fraction of sp³-hybridized carbons (Fsp3) is 0.500.